The van der Waals surface area contributed by atoms with E-state index in [1.807, 2.05) is 59.5 Å². The number of hydrogen-bond acceptors (Lipinski definition) is 3. The fourth-order valence-electron chi connectivity index (χ4n) is 4.52. The van der Waals surface area contributed by atoms with E-state index in [1.165, 1.54) is 11.1 Å². The second-order valence-electron chi connectivity index (χ2n) is 8.74. The van der Waals surface area contributed by atoms with Gasteiger partial charge in [-0.1, -0.05) is 30.3 Å². The van der Waals surface area contributed by atoms with Gasteiger partial charge in [0.2, 0.25) is 5.91 Å². The Morgan fingerprint density at radius 3 is 2.54 bits per heavy atom. The third-order valence-corrected chi connectivity index (χ3v) is 6.77. The van der Waals surface area contributed by atoms with Crippen LogP contribution >= 0.6 is 12.2 Å². The average molecular weight is 482 g/mol. The summed E-state index contributed by atoms with van der Waals surface area (Å²) in [6.45, 7) is 4.34. The summed E-state index contributed by atoms with van der Waals surface area (Å²) in [6.07, 6.45) is 3.84. The lowest BCUT2D eigenvalue weighted by atomic mass is 10.0. The van der Waals surface area contributed by atoms with Crippen LogP contribution in [0.3, 0.4) is 0 Å². The normalized spacial score (nSPS) is 17.3. The van der Waals surface area contributed by atoms with Crippen LogP contribution < -0.4 is 10.6 Å². The summed E-state index contributed by atoms with van der Waals surface area (Å²) in [5, 5.41) is 6.94. The number of thiocarbonyl (C=S) groups is 1. The van der Waals surface area contributed by atoms with E-state index in [4.69, 9.17) is 12.2 Å². The molecule has 1 fully saturated rings. The first-order valence-corrected chi connectivity index (χ1v) is 12.0. The molecule has 176 valence electrons. The maximum absolute atomic E-state index is 13.0. The number of para-hydroxylation sites is 1. The third kappa shape index (κ3) is 4.68. The third-order valence-electron chi connectivity index (χ3n) is 6.42. The first-order chi connectivity index (χ1) is 17.0. The molecule has 35 heavy (non-hydrogen) atoms. The minimum Gasteiger partial charge on any atom is -0.352 e. The molecule has 1 saturated heterocycles. The quantitative estimate of drug-likeness (QED) is 0.375. The van der Waals surface area contributed by atoms with Crippen molar-refractivity contribution in [2.75, 3.05) is 11.9 Å². The number of nitrogens with zero attached hydrogens (tertiary/aromatic N) is 3. The molecule has 7 heteroatoms. The number of pyridine rings is 1. The molecular weight excluding hydrogens is 454 g/mol. The Hall–Kier alpha value is -3.97. The van der Waals surface area contributed by atoms with Gasteiger partial charge in [0, 0.05) is 29.5 Å². The molecule has 2 aromatic carbocycles. The van der Waals surface area contributed by atoms with E-state index in [2.05, 4.69) is 64.5 Å². The number of benzene rings is 2. The standard InChI is InChI=1S/C28H27N5OS/c1-19-13-14-22(17-20(19)2)32-16-8-12-24(32)27-26(23-11-6-7-15-29-23)31-28(35)33(27)18-25(34)30-21-9-4-3-5-10-21/h3-17,26-27H,18H2,1-2H3,(H,30,34)(H,31,35)/t26-,27+/m1/s1. The van der Waals surface area contributed by atoms with Gasteiger partial charge < -0.3 is 20.1 Å². The summed E-state index contributed by atoms with van der Waals surface area (Å²) in [5.74, 6) is -0.128. The number of aryl methyl sites for hydroxylation is 2. The zero-order chi connectivity index (χ0) is 24.4. The van der Waals surface area contributed by atoms with Crippen molar-refractivity contribution in [2.45, 2.75) is 25.9 Å². The van der Waals surface area contributed by atoms with Gasteiger partial charge >= 0.3 is 0 Å². The van der Waals surface area contributed by atoms with Crippen LogP contribution in [-0.2, 0) is 4.79 Å². The van der Waals surface area contributed by atoms with E-state index < -0.39 is 0 Å². The van der Waals surface area contributed by atoms with Gasteiger partial charge in [0.25, 0.3) is 0 Å². The van der Waals surface area contributed by atoms with Crippen LogP contribution in [0.2, 0.25) is 0 Å². The van der Waals surface area contributed by atoms with E-state index in [0.717, 1.165) is 22.8 Å². The van der Waals surface area contributed by atoms with Crippen LogP contribution in [0.25, 0.3) is 5.69 Å². The van der Waals surface area contributed by atoms with E-state index >= 15 is 0 Å². The van der Waals surface area contributed by atoms with Crippen molar-refractivity contribution in [3.8, 4) is 5.69 Å². The molecule has 0 saturated carbocycles. The van der Waals surface area contributed by atoms with Crippen LogP contribution in [0, 0.1) is 13.8 Å². The molecule has 6 nitrogen and oxygen atoms in total. The largest absolute Gasteiger partial charge is 0.352 e. The van der Waals surface area contributed by atoms with Gasteiger partial charge in [-0.25, -0.2) is 0 Å². The summed E-state index contributed by atoms with van der Waals surface area (Å²) in [7, 11) is 0. The number of amides is 1. The molecule has 0 radical (unpaired) electrons. The molecule has 3 heterocycles. The van der Waals surface area contributed by atoms with Crippen LogP contribution in [0.15, 0.2) is 91.3 Å². The highest BCUT2D eigenvalue weighted by molar-refractivity contribution is 7.80. The van der Waals surface area contributed by atoms with Crippen molar-refractivity contribution in [3.63, 3.8) is 0 Å². The number of anilines is 1. The van der Waals surface area contributed by atoms with Gasteiger partial charge in [-0.05, 0) is 85.7 Å². The van der Waals surface area contributed by atoms with Crippen molar-refractivity contribution >= 4 is 28.9 Å². The predicted octanol–water partition coefficient (Wildman–Crippen LogP) is 5.10. The molecular formula is C28H27N5OS. The Morgan fingerprint density at radius 1 is 1.00 bits per heavy atom. The van der Waals surface area contributed by atoms with E-state index in [1.54, 1.807) is 6.20 Å². The molecule has 2 aromatic heterocycles. The molecule has 1 aliphatic heterocycles. The minimum atomic E-state index is -0.226. The Bertz CT molecular complexity index is 1350. The SMILES string of the molecule is Cc1ccc(-n2cccc2[C@H]2[C@@H](c3ccccn3)NC(=S)N2CC(=O)Nc2ccccc2)cc1C. The summed E-state index contributed by atoms with van der Waals surface area (Å²) in [6, 6.07) is 25.4. The van der Waals surface area contributed by atoms with Crippen molar-refractivity contribution in [2.24, 2.45) is 0 Å². The highest BCUT2D eigenvalue weighted by atomic mass is 32.1. The van der Waals surface area contributed by atoms with E-state index in [-0.39, 0.29) is 24.5 Å². The van der Waals surface area contributed by atoms with Crippen LogP contribution in [0.1, 0.15) is 34.6 Å². The van der Waals surface area contributed by atoms with Gasteiger partial charge in [0.15, 0.2) is 5.11 Å². The molecule has 2 atom stereocenters. The molecule has 0 unspecified atom stereocenters. The van der Waals surface area contributed by atoms with Crippen molar-refractivity contribution in [1.82, 2.24) is 19.8 Å². The number of aromatic nitrogens is 2. The first-order valence-electron chi connectivity index (χ1n) is 11.6. The summed E-state index contributed by atoms with van der Waals surface area (Å²) in [4.78, 5) is 19.6. The van der Waals surface area contributed by atoms with Crippen molar-refractivity contribution < 1.29 is 4.79 Å². The summed E-state index contributed by atoms with van der Waals surface area (Å²) in [5.41, 5.74) is 6.20. The number of rotatable bonds is 6. The summed E-state index contributed by atoms with van der Waals surface area (Å²) >= 11 is 5.75. The molecule has 4 aromatic rings. The second-order valence-corrected chi connectivity index (χ2v) is 9.13. The fourth-order valence-corrected chi connectivity index (χ4v) is 4.82. The average Bonchev–Trinajstić information content (AvgIpc) is 3.46. The first kappa shape index (κ1) is 22.8. The van der Waals surface area contributed by atoms with Gasteiger partial charge in [-0.15, -0.1) is 0 Å². The molecule has 1 amide bonds. The Kier molecular flexibility index (Phi) is 6.33. The Balaban J connectivity index is 1.52. The monoisotopic (exact) mass is 481 g/mol. The molecule has 0 aliphatic carbocycles. The van der Waals surface area contributed by atoms with Gasteiger partial charge in [-0.2, -0.15) is 0 Å². The van der Waals surface area contributed by atoms with Gasteiger partial charge in [-0.3, -0.25) is 9.78 Å². The molecule has 0 spiro atoms. The molecule has 2 N–H and O–H groups in total. The van der Waals surface area contributed by atoms with Crippen LogP contribution in [0.4, 0.5) is 5.69 Å². The predicted molar refractivity (Wildman–Crippen MR) is 142 cm³/mol. The highest BCUT2D eigenvalue weighted by Crippen LogP contribution is 2.39. The fraction of sp³-hybridized carbons (Fsp3) is 0.179. The number of hydrogen-bond donors (Lipinski definition) is 2. The van der Waals surface area contributed by atoms with Gasteiger partial charge in [0.1, 0.15) is 6.54 Å². The number of nitrogens with one attached hydrogen (secondary N) is 2. The van der Waals surface area contributed by atoms with E-state index in [9.17, 15) is 4.79 Å². The lowest BCUT2D eigenvalue weighted by Gasteiger charge is -2.28. The molecule has 0 bridgehead atoms. The highest BCUT2D eigenvalue weighted by Gasteiger charge is 2.42. The maximum Gasteiger partial charge on any atom is 0.244 e. The van der Waals surface area contributed by atoms with Crippen LogP contribution in [-0.4, -0.2) is 32.0 Å². The van der Waals surface area contributed by atoms with Crippen molar-refractivity contribution in [1.29, 1.82) is 0 Å². The zero-order valence-electron chi connectivity index (χ0n) is 19.7. The van der Waals surface area contributed by atoms with E-state index in [0.29, 0.717) is 5.11 Å². The molecule has 1 aliphatic rings. The lowest BCUT2D eigenvalue weighted by molar-refractivity contribution is -0.116. The minimum absolute atomic E-state index is 0.118. The van der Waals surface area contributed by atoms with Crippen molar-refractivity contribution in [3.05, 3.63) is 114 Å². The Morgan fingerprint density at radius 2 is 1.80 bits per heavy atom. The van der Waals surface area contributed by atoms with Crippen LogP contribution in [0.5, 0.6) is 0 Å². The topological polar surface area (TPSA) is 62.2 Å². The van der Waals surface area contributed by atoms with Gasteiger partial charge in [0.05, 0.1) is 17.8 Å². The maximum atomic E-state index is 13.0. The second kappa shape index (κ2) is 9.72. The number of carbonyl (C=O) groups excluding carboxylic acids is 1. The zero-order valence-corrected chi connectivity index (χ0v) is 20.5. The number of carbonyl (C=O) groups is 1. The lowest BCUT2D eigenvalue weighted by Crippen LogP contribution is -2.37. The summed E-state index contributed by atoms with van der Waals surface area (Å²) < 4.78 is 2.17. The Labute approximate surface area is 210 Å². The molecule has 5 rings (SSSR count). The smallest absolute Gasteiger partial charge is 0.244 e.